The maximum atomic E-state index is 4.50. The number of hydrogen-bond acceptors (Lipinski definition) is 2. The van der Waals surface area contributed by atoms with E-state index in [4.69, 9.17) is 0 Å². The van der Waals surface area contributed by atoms with E-state index in [2.05, 4.69) is 61.3 Å². The SMILES string of the molecule is Cc1nc(Cn2ccc3ccc(Br)cc32)cs1. The zero-order valence-corrected chi connectivity index (χ0v) is 11.8. The Morgan fingerprint density at radius 2 is 2.24 bits per heavy atom. The lowest BCUT2D eigenvalue weighted by Crippen LogP contribution is -1.98. The first-order valence-corrected chi connectivity index (χ1v) is 7.05. The molecule has 0 saturated carbocycles. The molecule has 4 heteroatoms. The second kappa shape index (κ2) is 4.27. The third-order valence-electron chi connectivity index (χ3n) is 2.73. The van der Waals surface area contributed by atoms with Crippen LogP contribution in [0.4, 0.5) is 0 Å². The lowest BCUT2D eigenvalue weighted by Gasteiger charge is -2.03. The van der Waals surface area contributed by atoms with Gasteiger partial charge in [0, 0.05) is 21.6 Å². The summed E-state index contributed by atoms with van der Waals surface area (Å²) in [5.74, 6) is 0. The fraction of sp³-hybridized carbons (Fsp3) is 0.154. The third kappa shape index (κ3) is 2.15. The minimum absolute atomic E-state index is 0.838. The van der Waals surface area contributed by atoms with E-state index in [1.807, 2.05) is 6.92 Å². The molecule has 0 amide bonds. The predicted octanol–water partition coefficient (Wildman–Crippen LogP) is 4.22. The fourth-order valence-corrected chi connectivity index (χ4v) is 2.90. The summed E-state index contributed by atoms with van der Waals surface area (Å²) in [6.45, 7) is 2.88. The molecular weight excluding hydrogens is 296 g/mol. The number of halogens is 1. The number of aromatic nitrogens is 2. The molecule has 0 atom stereocenters. The van der Waals surface area contributed by atoms with E-state index < -0.39 is 0 Å². The van der Waals surface area contributed by atoms with Gasteiger partial charge < -0.3 is 4.57 Å². The molecule has 0 fully saturated rings. The summed E-state index contributed by atoms with van der Waals surface area (Å²) in [5, 5.41) is 4.51. The monoisotopic (exact) mass is 306 g/mol. The number of nitrogens with zero attached hydrogens (tertiary/aromatic N) is 2. The molecule has 0 spiro atoms. The van der Waals surface area contributed by atoms with E-state index in [0.29, 0.717) is 0 Å². The molecule has 86 valence electrons. The van der Waals surface area contributed by atoms with Crippen molar-refractivity contribution in [1.82, 2.24) is 9.55 Å². The van der Waals surface area contributed by atoms with Gasteiger partial charge in [0.15, 0.2) is 0 Å². The largest absolute Gasteiger partial charge is 0.341 e. The summed E-state index contributed by atoms with van der Waals surface area (Å²) in [5.41, 5.74) is 2.37. The second-order valence-electron chi connectivity index (χ2n) is 4.00. The highest BCUT2D eigenvalue weighted by Gasteiger charge is 2.04. The molecule has 3 aromatic rings. The Morgan fingerprint density at radius 1 is 1.35 bits per heavy atom. The van der Waals surface area contributed by atoms with Crippen molar-refractivity contribution in [2.75, 3.05) is 0 Å². The molecule has 17 heavy (non-hydrogen) atoms. The maximum absolute atomic E-state index is 4.50. The molecular formula is C13H11BrN2S. The van der Waals surface area contributed by atoms with E-state index in [1.165, 1.54) is 10.9 Å². The highest BCUT2D eigenvalue weighted by molar-refractivity contribution is 9.10. The molecule has 0 unspecified atom stereocenters. The van der Waals surface area contributed by atoms with Crippen LogP contribution in [0.25, 0.3) is 10.9 Å². The third-order valence-corrected chi connectivity index (χ3v) is 4.05. The van der Waals surface area contributed by atoms with Crippen molar-refractivity contribution < 1.29 is 0 Å². The first-order valence-electron chi connectivity index (χ1n) is 5.38. The number of thiazole rings is 1. The number of fused-ring (bicyclic) bond motifs is 1. The van der Waals surface area contributed by atoms with E-state index in [9.17, 15) is 0 Å². The molecule has 2 nitrogen and oxygen atoms in total. The molecule has 1 aromatic carbocycles. The van der Waals surface area contributed by atoms with Crippen LogP contribution in [0.2, 0.25) is 0 Å². The zero-order chi connectivity index (χ0) is 11.8. The van der Waals surface area contributed by atoms with Gasteiger partial charge in [-0.2, -0.15) is 0 Å². The molecule has 2 heterocycles. The van der Waals surface area contributed by atoms with Gasteiger partial charge in [-0.1, -0.05) is 22.0 Å². The number of hydrogen-bond donors (Lipinski definition) is 0. The van der Waals surface area contributed by atoms with Crippen molar-refractivity contribution in [1.29, 1.82) is 0 Å². The second-order valence-corrected chi connectivity index (χ2v) is 5.98. The Hall–Kier alpha value is -1.13. The van der Waals surface area contributed by atoms with Crippen LogP contribution in [0.5, 0.6) is 0 Å². The van der Waals surface area contributed by atoms with Crippen molar-refractivity contribution in [3.63, 3.8) is 0 Å². The summed E-state index contributed by atoms with van der Waals surface area (Å²) >= 11 is 5.22. The van der Waals surface area contributed by atoms with Crippen LogP contribution in [0.3, 0.4) is 0 Å². The van der Waals surface area contributed by atoms with Gasteiger partial charge in [0.05, 0.1) is 17.2 Å². The molecule has 2 aromatic heterocycles. The average molecular weight is 307 g/mol. The molecule has 3 rings (SSSR count). The van der Waals surface area contributed by atoms with Crippen molar-refractivity contribution in [3.05, 3.63) is 51.0 Å². The normalized spacial score (nSPS) is 11.2. The summed E-state index contributed by atoms with van der Waals surface area (Å²) in [6, 6.07) is 8.48. The average Bonchev–Trinajstić information content (AvgIpc) is 2.87. The Balaban J connectivity index is 2.03. The minimum atomic E-state index is 0.838. The maximum Gasteiger partial charge on any atom is 0.0898 e. The topological polar surface area (TPSA) is 17.8 Å². The van der Waals surface area contributed by atoms with Crippen LogP contribution >= 0.6 is 27.3 Å². The van der Waals surface area contributed by atoms with Crippen LogP contribution in [0.15, 0.2) is 40.3 Å². The molecule has 0 aliphatic rings. The lowest BCUT2D eigenvalue weighted by molar-refractivity contribution is 0.811. The fourth-order valence-electron chi connectivity index (χ4n) is 1.95. The Labute approximate surface area is 112 Å². The van der Waals surface area contributed by atoms with Crippen LogP contribution in [0.1, 0.15) is 10.7 Å². The van der Waals surface area contributed by atoms with Gasteiger partial charge in [-0.15, -0.1) is 11.3 Å². The van der Waals surface area contributed by atoms with Gasteiger partial charge in [0.1, 0.15) is 0 Å². The van der Waals surface area contributed by atoms with Crippen molar-refractivity contribution in [2.45, 2.75) is 13.5 Å². The highest BCUT2D eigenvalue weighted by atomic mass is 79.9. The van der Waals surface area contributed by atoms with Crippen LogP contribution in [-0.4, -0.2) is 9.55 Å². The van der Waals surface area contributed by atoms with Crippen LogP contribution in [-0.2, 0) is 6.54 Å². The minimum Gasteiger partial charge on any atom is -0.341 e. The molecule has 0 aliphatic carbocycles. The van der Waals surface area contributed by atoms with Gasteiger partial charge in [-0.05, 0) is 30.5 Å². The molecule has 0 aliphatic heterocycles. The smallest absolute Gasteiger partial charge is 0.0898 e. The summed E-state index contributed by atoms with van der Waals surface area (Å²) in [6.07, 6.45) is 2.12. The molecule has 0 bridgehead atoms. The van der Waals surface area contributed by atoms with Gasteiger partial charge in [-0.25, -0.2) is 4.98 Å². The standard InChI is InChI=1S/C13H11BrN2S/c1-9-15-12(8-17-9)7-16-5-4-10-2-3-11(14)6-13(10)16/h2-6,8H,7H2,1H3. The first kappa shape index (κ1) is 11.0. The Morgan fingerprint density at radius 3 is 3.00 bits per heavy atom. The molecule has 0 radical (unpaired) electrons. The predicted molar refractivity (Wildman–Crippen MR) is 75.6 cm³/mol. The van der Waals surface area contributed by atoms with Gasteiger partial charge in [-0.3, -0.25) is 0 Å². The van der Waals surface area contributed by atoms with Crippen LogP contribution in [0, 0.1) is 6.92 Å². The molecule has 0 saturated heterocycles. The van der Waals surface area contributed by atoms with Gasteiger partial charge >= 0.3 is 0 Å². The number of aryl methyl sites for hydroxylation is 1. The first-order chi connectivity index (χ1) is 8.22. The lowest BCUT2D eigenvalue weighted by atomic mass is 10.2. The Kier molecular flexibility index (Phi) is 2.76. The van der Waals surface area contributed by atoms with E-state index in [1.54, 1.807) is 11.3 Å². The summed E-state index contributed by atoms with van der Waals surface area (Å²) in [4.78, 5) is 4.50. The molecule has 0 N–H and O–H groups in total. The van der Waals surface area contributed by atoms with E-state index in [0.717, 1.165) is 21.7 Å². The number of benzene rings is 1. The zero-order valence-electron chi connectivity index (χ0n) is 9.35. The quantitative estimate of drug-likeness (QED) is 0.693. The van der Waals surface area contributed by atoms with E-state index in [-0.39, 0.29) is 0 Å². The van der Waals surface area contributed by atoms with Crippen molar-refractivity contribution >= 4 is 38.2 Å². The van der Waals surface area contributed by atoms with Gasteiger partial charge in [0.25, 0.3) is 0 Å². The Bertz CT molecular complexity index is 669. The van der Waals surface area contributed by atoms with Gasteiger partial charge in [0.2, 0.25) is 0 Å². The highest BCUT2D eigenvalue weighted by Crippen LogP contribution is 2.22. The van der Waals surface area contributed by atoms with Crippen molar-refractivity contribution in [3.8, 4) is 0 Å². The van der Waals surface area contributed by atoms with E-state index >= 15 is 0 Å². The summed E-state index contributed by atoms with van der Waals surface area (Å²) < 4.78 is 3.34. The summed E-state index contributed by atoms with van der Waals surface area (Å²) in [7, 11) is 0. The number of rotatable bonds is 2. The van der Waals surface area contributed by atoms with Crippen molar-refractivity contribution in [2.24, 2.45) is 0 Å². The van der Waals surface area contributed by atoms with Crippen LogP contribution < -0.4 is 0 Å².